The lowest BCUT2D eigenvalue weighted by atomic mass is 9.75. The minimum absolute atomic E-state index is 0.486. The molecule has 0 radical (unpaired) electrons. The molecule has 0 saturated carbocycles. The Balaban J connectivity index is 1.57. The van der Waals surface area contributed by atoms with Gasteiger partial charge in [0.05, 0.1) is 12.8 Å². The Bertz CT molecular complexity index is 802. The van der Waals surface area contributed by atoms with Crippen LogP contribution in [0.15, 0.2) is 36.7 Å². The van der Waals surface area contributed by atoms with E-state index < -0.39 is 0 Å². The van der Waals surface area contributed by atoms with Crippen molar-refractivity contribution >= 4 is 5.82 Å². The Morgan fingerprint density at radius 3 is 2.65 bits per heavy atom. The number of anilines is 1. The first-order valence-corrected chi connectivity index (χ1v) is 9.68. The summed E-state index contributed by atoms with van der Waals surface area (Å²) >= 11 is 0. The second-order valence-corrected chi connectivity index (χ2v) is 7.86. The number of hydrogen-bond donors (Lipinski definition) is 0. The highest BCUT2D eigenvalue weighted by molar-refractivity contribution is 5.50. The smallest absolute Gasteiger partial charge is 0.150 e. The van der Waals surface area contributed by atoms with Crippen LogP contribution in [0.3, 0.4) is 0 Å². The molecule has 0 unspecified atom stereocenters. The Kier molecular flexibility index (Phi) is 3.85. The second-order valence-electron chi connectivity index (χ2n) is 7.86. The van der Waals surface area contributed by atoms with Crippen LogP contribution in [0.25, 0.3) is 0 Å². The largest absolute Gasteiger partial charge is 0.497 e. The zero-order valence-corrected chi connectivity index (χ0v) is 15.5. The molecule has 26 heavy (non-hydrogen) atoms. The Morgan fingerprint density at radius 2 is 1.88 bits per heavy atom. The van der Waals surface area contributed by atoms with Gasteiger partial charge >= 0.3 is 0 Å². The van der Waals surface area contributed by atoms with E-state index >= 15 is 0 Å². The Morgan fingerprint density at radius 1 is 1.08 bits per heavy atom. The van der Waals surface area contributed by atoms with Gasteiger partial charge in [0, 0.05) is 36.9 Å². The number of aromatic nitrogens is 2. The van der Waals surface area contributed by atoms with Crippen LogP contribution in [0.5, 0.6) is 5.75 Å². The van der Waals surface area contributed by atoms with Crippen molar-refractivity contribution in [3.8, 4) is 5.75 Å². The number of fused-ring (bicyclic) bond motifs is 2. The highest BCUT2D eigenvalue weighted by atomic mass is 16.5. The van der Waals surface area contributed by atoms with Gasteiger partial charge in [0.25, 0.3) is 0 Å². The first-order valence-electron chi connectivity index (χ1n) is 9.68. The minimum Gasteiger partial charge on any atom is -0.497 e. The molecule has 4 fully saturated rings. The molecule has 0 aliphatic carbocycles. The number of methoxy groups -OCH3 is 1. The predicted molar refractivity (Wildman–Crippen MR) is 102 cm³/mol. The van der Waals surface area contributed by atoms with Crippen molar-refractivity contribution < 1.29 is 4.74 Å². The Labute approximate surface area is 155 Å². The van der Waals surface area contributed by atoms with Crippen LogP contribution in [0.1, 0.15) is 30.0 Å². The van der Waals surface area contributed by atoms with E-state index in [9.17, 15) is 0 Å². The minimum atomic E-state index is 0.486. The molecule has 2 bridgehead atoms. The molecule has 4 saturated heterocycles. The molecule has 0 amide bonds. The molecule has 5 heterocycles. The van der Waals surface area contributed by atoms with Crippen molar-refractivity contribution in [3.63, 3.8) is 0 Å². The number of nitrogens with zero attached hydrogens (tertiary/aromatic N) is 4. The van der Waals surface area contributed by atoms with Crippen molar-refractivity contribution in [2.75, 3.05) is 31.6 Å². The molecule has 3 atom stereocenters. The summed E-state index contributed by atoms with van der Waals surface area (Å²) in [5.41, 5.74) is 2.42. The third-order valence-corrected chi connectivity index (χ3v) is 6.64. The fourth-order valence-corrected chi connectivity index (χ4v) is 5.51. The van der Waals surface area contributed by atoms with E-state index in [4.69, 9.17) is 9.72 Å². The molecule has 0 N–H and O–H groups in total. The molecule has 2 aromatic rings. The number of aryl methyl sites for hydroxylation is 1. The predicted octanol–water partition coefficient (Wildman–Crippen LogP) is 2.86. The zero-order valence-electron chi connectivity index (χ0n) is 15.5. The van der Waals surface area contributed by atoms with E-state index in [0.717, 1.165) is 29.7 Å². The lowest BCUT2D eigenvalue weighted by molar-refractivity contribution is 0.0354. The van der Waals surface area contributed by atoms with Crippen LogP contribution < -0.4 is 9.64 Å². The molecule has 4 aliphatic heterocycles. The van der Waals surface area contributed by atoms with Crippen LogP contribution in [0.4, 0.5) is 5.82 Å². The van der Waals surface area contributed by atoms with Gasteiger partial charge in [-0.15, -0.1) is 0 Å². The number of rotatable bonds is 3. The highest BCUT2D eigenvalue weighted by Crippen LogP contribution is 2.48. The lowest BCUT2D eigenvalue weighted by Gasteiger charge is -2.51. The topological polar surface area (TPSA) is 41.5 Å². The van der Waals surface area contributed by atoms with Gasteiger partial charge in [-0.2, -0.15) is 0 Å². The molecular formula is C21H26N4O. The average Bonchev–Trinajstić information content (AvgIpc) is 3.12. The summed E-state index contributed by atoms with van der Waals surface area (Å²) in [5.74, 6) is 3.27. The molecule has 5 nitrogen and oxygen atoms in total. The van der Waals surface area contributed by atoms with Gasteiger partial charge in [0.15, 0.2) is 0 Å². The number of piperidine rings is 3. The number of benzene rings is 1. The summed E-state index contributed by atoms with van der Waals surface area (Å²) in [6.45, 7) is 5.56. The molecule has 136 valence electrons. The fraction of sp³-hybridized carbons (Fsp3) is 0.524. The maximum atomic E-state index is 5.49. The van der Waals surface area contributed by atoms with Crippen molar-refractivity contribution in [2.24, 2.45) is 5.92 Å². The average molecular weight is 350 g/mol. The SMILES string of the molecule is COc1cccc([C@@H]2CN(c3nccnc3C)[C@@H]3C4CCN(CC4)[C@@H]32)c1. The van der Waals surface area contributed by atoms with Crippen LogP contribution in [0, 0.1) is 12.8 Å². The quantitative estimate of drug-likeness (QED) is 0.851. The van der Waals surface area contributed by atoms with E-state index in [1.54, 1.807) is 13.3 Å². The summed E-state index contributed by atoms with van der Waals surface area (Å²) in [6.07, 6.45) is 6.24. The van der Waals surface area contributed by atoms with E-state index in [2.05, 4.69) is 39.9 Å². The monoisotopic (exact) mass is 350 g/mol. The van der Waals surface area contributed by atoms with E-state index in [-0.39, 0.29) is 0 Å². The van der Waals surface area contributed by atoms with E-state index in [1.165, 1.54) is 31.5 Å². The first-order chi connectivity index (χ1) is 12.8. The molecule has 0 spiro atoms. The van der Waals surface area contributed by atoms with Gasteiger partial charge in [0.1, 0.15) is 11.6 Å². The summed E-state index contributed by atoms with van der Waals surface area (Å²) in [5, 5.41) is 0. The van der Waals surface area contributed by atoms with Crippen LogP contribution >= 0.6 is 0 Å². The molecule has 1 aromatic carbocycles. The van der Waals surface area contributed by atoms with Crippen molar-refractivity contribution in [3.05, 3.63) is 47.9 Å². The van der Waals surface area contributed by atoms with Gasteiger partial charge in [0.2, 0.25) is 0 Å². The van der Waals surface area contributed by atoms with Crippen molar-refractivity contribution in [1.82, 2.24) is 14.9 Å². The van der Waals surface area contributed by atoms with Crippen LogP contribution in [0.2, 0.25) is 0 Å². The van der Waals surface area contributed by atoms with Gasteiger partial charge in [-0.1, -0.05) is 12.1 Å². The third kappa shape index (κ3) is 2.41. The zero-order chi connectivity index (χ0) is 17.7. The summed E-state index contributed by atoms with van der Waals surface area (Å²) < 4.78 is 5.49. The van der Waals surface area contributed by atoms with Gasteiger partial charge < -0.3 is 9.64 Å². The summed E-state index contributed by atoms with van der Waals surface area (Å²) in [6, 6.07) is 9.75. The molecular weight excluding hydrogens is 324 g/mol. The second kappa shape index (κ2) is 6.23. The maximum absolute atomic E-state index is 5.49. The molecule has 5 heteroatoms. The molecule has 4 aliphatic rings. The normalized spacial score (nSPS) is 32.5. The van der Waals surface area contributed by atoms with Crippen LogP contribution in [-0.2, 0) is 0 Å². The summed E-state index contributed by atoms with van der Waals surface area (Å²) in [7, 11) is 1.75. The van der Waals surface area contributed by atoms with Crippen LogP contribution in [-0.4, -0.2) is 53.7 Å². The van der Waals surface area contributed by atoms with E-state index in [1.807, 2.05) is 12.3 Å². The highest BCUT2D eigenvalue weighted by Gasteiger charge is 2.54. The standard InChI is InChI=1S/C21H26N4O/c1-14-21(23-9-8-22-14)25-13-18(16-4-3-5-17(12-16)26-2)20-19(25)15-6-10-24(20)11-7-15/h3-5,8-9,12,15,18-20H,6-7,10-11,13H2,1-2H3/t18-,19+,20+/m0/s1. The Hall–Kier alpha value is -2.14. The maximum Gasteiger partial charge on any atom is 0.150 e. The first kappa shape index (κ1) is 16.1. The lowest BCUT2D eigenvalue weighted by Crippen LogP contribution is -2.60. The van der Waals surface area contributed by atoms with E-state index in [0.29, 0.717) is 18.0 Å². The molecule has 6 rings (SSSR count). The number of hydrogen-bond acceptors (Lipinski definition) is 5. The third-order valence-electron chi connectivity index (χ3n) is 6.64. The van der Waals surface area contributed by atoms with Gasteiger partial charge in [-0.25, -0.2) is 4.98 Å². The number of ether oxygens (including phenoxy) is 1. The van der Waals surface area contributed by atoms with Crippen molar-refractivity contribution in [2.45, 2.75) is 37.8 Å². The summed E-state index contributed by atoms with van der Waals surface area (Å²) in [4.78, 5) is 14.5. The fourth-order valence-electron chi connectivity index (χ4n) is 5.51. The van der Waals surface area contributed by atoms with Crippen molar-refractivity contribution in [1.29, 1.82) is 0 Å². The van der Waals surface area contributed by atoms with Gasteiger partial charge in [-0.3, -0.25) is 9.88 Å². The van der Waals surface area contributed by atoms with Gasteiger partial charge in [-0.05, 0) is 56.5 Å². The molecule has 1 aromatic heterocycles.